The molecule has 64 heavy (non-hydrogen) atoms. The van der Waals surface area contributed by atoms with E-state index in [0.717, 1.165) is 5.56 Å². The smallest absolute Gasteiger partial charge is 0.135 e. The summed E-state index contributed by atoms with van der Waals surface area (Å²) in [6.45, 7) is 7.80. The van der Waals surface area contributed by atoms with Crippen molar-refractivity contribution >= 4 is 44.6 Å². The number of para-hydroxylation sites is 3. The van der Waals surface area contributed by atoms with Gasteiger partial charge in [0.25, 0.3) is 0 Å². The van der Waals surface area contributed by atoms with Gasteiger partial charge < -0.3 is 14.4 Å². The molecule has 0 bridgehead atoms. The van der Waals surface area contributed by atoms with E-state index in [-0.39, 0.29) is 90.5 Å². The van der Waals surface area contributed by atoms with Crippen molar-refractivity contribution in [3.63, 3.8) is 0 Å². The van der Waals surface area contributed by atoms with Crippen LogP contribution in [0, 0.1) is 18.8 Å². The topological polar surface area (TPSA) is 24.3 Å². The molecule has 4 nitrogen and oxygen atoms in total. The molecule has 0 spiro atoms. The Morgan fingerprint density at radius 1 is 0.578 bits per heavy atom. The van der Waals surface area contributed by atoms with E-state index in [1.54, 1.807) is 57.6 Å². The summed E-state index contributed by atoms with van der Waals surface area (Å²) in [5.74, 6) is 0.445. The number of aromatic nitrogens is 2. The first kappa shape index (κ1) is 24.7. The number of benzene rings is 8. The van der Waals surface area contributed by atoms with Gasteiger partial charge in [0.05, 0.1) is 26.0 Å². The van der Waals surface area contributed by atoms with Crippen LogP contribution < -0.4 is 9.80 Å². The third-order valence-electron chi connectivity index (χ3n) is 11.0. The van der Waals surface area contributed by atoms with E-state index >= 15 is 0 Å². The van der Waals surface area contributed by atoms with Crippen molar-refractivity contribution in [1.29, 1.82) is 0 Å². The van der Waals surface area contributed by atoms with Crippen molar-refractivity contribution in [3.05, 3.63) is 235 Å². The van der Waals surface area contributed by atoms with Crippen molar-refractivity contribution in [1.82, 2.24) is 9.55 Å². The fourth-order valence-electron chi connectivity index (χ4n) is 8.04. The first-order valence-electron chi connectivity index (χ1n) is 29.6. The molecular formula is C59H45N4Pt-3. The van der Waals surface area contributed by atoms with Crippen LogP contribution in [0.4, 0.5) is 22.7 Å². The molecule has 3 heterocycles. The monoisotopic (exact) mass is 1020 g/mol. The number of anilines is 4. The van der Waals surface area contributed by atoms with Gasteiger partial charge in [0, 0.05) is 61.0 Å². The summed E-state index contributed by atoms with van der Waals surface area (Å²) in [6.07, 6.45) is 1.91. The Bertz CT molecular complexity index is 4250. The van der Waals surface area contributed by atoms with E-state index in [1.807, 2.05) is 36.4 Å². The zero-order valence-electron chi connectivity index (χ0n) is 53.5. The van der Waals surface area contributed by atoms with Crippen molar-refractivity contribution in [3.8, 4) is 39.2 Å². The van der Waals surface area contributed by atoms with Crippen LogP contribution in [0.5, 0.6) is 0 Å². The summed E-state index contributed by atoms with van der Waals surface area (Å²) >= 11 is 0. The molecule has 0 atom stereocenters. The molecule has 0 N–H and O–H groups in total. The number of hydrogen-bond donors (Lipinski definition) is 0. The van der Waals surface area contributed by atoms with Crippen LogP contribution in [-0.2, 0) is 32.9 Å². The summed E-state index contributed by atoms with van der Waals surface area (Å²) in [7, 11) is 0. The molecule has 0 amide bonds. The first-order valence-corrected chi connectivity index (χ1v) is 20.1. The molecule has 10 aromatic rings. The number of fused-ring (bicyclic) bond motifs is 4. The molecule has 0 fully saturated rings. The Hall–Kier alpha value is -7.00. The number of nitrogens with zero attached hydrogens (tertiary/aromatic N) is 4. The van der Waals surface area contributed by atoms with Crippen molar-refractivity contribution in [2.75, 3.05) is 9.80 Å². The number of pyridine rings is 1. The van der Waals surface area contributed by atoms with E-state index in [2.05, 4.69) is 32.9 Å². The van der Waals surface area contributed by atoms with Gasteiger partial charge in [-0.3, -0.25) is 0 Å². The van der Waals surface area contributed by atoms with Crippen LogP contribution in [0.15, 0.2) is 200 Å². The first-order chi connectivity index (χ1) is 38.7. The van der Waals surface area contributed by atoms with Gasteiger partial charge in [-0.05, 0) is 87.5 Å². The third kappa shape index (κ3) is 7.52. The zero-order valence-corrected chi connectivity index (χ0v) is 36.7. The third-order valence-corrected chi connectivity index (χ3v) is 11.0. The maximum Gasteiger partial charge on any atom is 0.135 e. The van der Waals surface area contributed by atoms with Crippen LogP contribution in [0.25, 0.3) is 61.0 Å². The minimum Gasteiger partial charge on any atom is -0.493 e. The fourth-order valence-corrected chi connectivity index (χ4v) is 8.04. The molecule has 0 saturated heterocycles. The average molecular weight is 1020 g/mol. The molecule has 8 aromatic carbocycles. The van der Waals surface area contributed by atoms with Gasteiger partial charge in [0.15, 0.2) is 0 Å². The summed E-state index contributed by atoms with van der Waals surface area (Å²) in [6, 6.07) is 17.9. The molecule has 0 saturated carbocycles. The molecule has 1 aliphatic rings. The summed E-state index contributed by atoms with van der Waals surface area (Å²) in [5, 5.41) is 0.864. The van der Waals surface area contributed by atoms with Crippen molar-refractivity contribution in [2.24, 2.45) is 0 Å². The molecule has 5 heteroatoms. The van der Waals surface area contributed by atoms with Gasteiger partial charge in [0.2, 0.25) is 0 Å². The van der Waals surface area contributed by atoms with Crippen LogP contribution in [0.3, 0.4) is 0 Å². The summed E-state index contributed by atoms with van der Waals surface area (Å²) in [5.41, 5.74) is 2.42. The molecule has 314 valence electrons. The van der Waals surface area contributed by atoms with E-state index in [4.69, 9.17) is 25.5 Å². The fraction of sp³-hybridized carbons (Fsp3) is 0.0847. The van der Waals surface area contributed by atoms with Gasteiger partial charge in [-0.15, -0.1) is 17.7 Å². The van der Waals surface area contributed by atoms with Gasteiger partial charge in [-0.2, -0.15) is 53.6 Å². The molecule has 0 aliphatic carbocycles. The van der Waals surface area contributed by atoms with Crippen LogP contribution >= 0.6 is 0 Å². The van der Waals surface area contributed by atoms with Crippen molar-refractivity contribution in [2.45, 2.75) is 32.6 Å². The van der Waals surface area contributed by atoms with Gasteiger partial charge in [0.1, 0.15) is 5.82 Å². The minimum absolute atomic E-state index is 0. The van der Waals surface area contributed by atoms with E-state index < -0.39 is 102 Å². The Morgan fingerprint density at radius 3 is 1.86 bits per heavy atom. The van der Waals surface area contributed by atoms with Crippen LogP contribution in [-0.4, -0.2) is 9.55 Å². The standard InChI is InChI=1S/C59H45N4.Pt/c1-59(2,3)47-32-33-60-57(39-47)63-53-27-14-13-26-49(53)50-31-30-42(36-56(50)63)34-41-18-17-25-48(35-41)61-40-62(55-29-16-15-28-54(55)61)58-51(44-21-9-5-10-22-44)37-46(43-19-7-4-8-20-43)38-52(58)45-23-11-6-12-24-45;/h4-33,37-40H,34H2,1-3H3;/q-3;/i4D,5D,6D,7D,8D,9D,10D,11D,12D,13D,14D,19D,20D,21D,22D,23D,24D,26D,27D;. The Labute approximate surface area is 417 Å². The van der Waals surface area contributed by atoms with Crippen LogP contribution in [0.1, 0.15) is 63.5 Å². The maximum absolute atomic E-state index is 9.31. The molecule has 0 unspecified atom stereocenters. The number of rotatable bonds is 8. The second-order valence-corrected chi connectivity index (χ2v) is 16.0. The normalized spacial score (nSPS) is 16.6. The largest absolute Gasteiger partial charge is 0.493 e. The summed E-state index contributed by atoms with van der Waals surface area (Å²) < 4.78 is 170. The second kappa shape index (κ2) is 16.9. The van der Waals surface area contributed by atoms with Gasteiger partial charge in [-0.25, -0.2) is 4.98 Å². The van der Waals surface area contributed by atoms with Gasteiger partial charge in [-0.1, -0.05) is 147 Å². The second-order valence-electron chi connectivity index (χ2n) is 16.0. The molecule has 11 rings (SSSR count). The van der Waals surface area contributed by atoms with Crippen LogP contribution in [0.2, 0.25) is 0 Å². The SMILES string of the molecule is [2H]c1c([2H])c([2H])c(-c2cc(-c3c([2H])c([2H])c([2H])c([2H])c3[2H])c(N3[CH-]N(c4[c-]c(Cc5[c-]c6c(cc5)c5c([2H])c([2H])c([2H])c([2H])c5n6-c5cc(C(C)(C)C)ccn5)ccc4)c4ccccc43)c(-c3c([2H])c([2H])c([2H])c([2H])c3[2H])c2)c([2H])c1[2H].[Pt]. The quantitative estimate of drug-likeness (QED) is 0.142. The van der Waals surface area contributed by atoms with E-state index in [9.17, 15) is 5.48 Å². The van der Waals surface area contributed by atoms with E-state index in [0.29, 0.717) is 50.3 Å². The molecule has 2 aromatic heterocycles. The Balaban J connectivity index is 0.00000769. The van der Waals surface area contributed by atoms with Gasteiger partial charge >= 0.3 is 0 Å². The Morgan fingerprint density at radius 2 is 1.19 bits per heavy atom. The molecular weight excluding hydrogens is 960 g/mol. The summed E-state index contributed by atoms with van der Waals surface area (Å²) in [4.78, 5) is 8.05. The average Bonchev–Trinajstić information content (AvgIpc) is 2.05. The Kier molecular flexibility index (Phi) is 6.55. The predicted octanol–water partition coefficient (Wildman–Crippen LogP) is 15.1. The number of hydrogen-bond acceptors (Lipinski definition) is 3. The predicted molar refractivity (Wildman–Crippen MR) is 262 cm³/mol. The minimum atomic E-state index is -0.728. The zero-order chi connectivity index (χ0) is 59.0. The van der Waals surface area contributed by atoms with E-state index in [1.165, 1.54) is 12.1 Å². The molecule has 0 radical (unpaired) electrons. The maximum atomic E-state index is 9.31. The van der Waals surface area contributed by atoms with Crippen molar-refractivity contribution < 1.29 is 47.1 Å². The molecule has 1 aliphatic heterocycles.